The van der Waals surface area contributed by atoms with Crippen LogP contribution in [0, 0.1) is 0 Å². The summed E-state index contributed by atoms with van der Waals surface area (Å²) in [7, 11) is -1.72. The van der Waals surface area contributed by atoms with Crippen molar-refractivity contribution in [2.75, 3.05) is 26.7 Å². The van der Waals surface area contributed by atoms with Crippen molar-refractivity contribution in [2.45, 2.75) is 32.7 Å². The highest BCUT2D eigenvalue weighted by Gasteiger charge is 2.15. The van der Waals surface area contributed by atoms with Gasteiger partial charge in [0, 0.05) is 39.1 Å². The van der Waals surface area contributed by atoms with Crippen LogP contribution in [0.15, 0.2) is 24.5 Å². The van der Waals surface area contributed by atoms with E-state index in [-0.39, 0.29) is 0 Å². The van der Waals surface area contributed by atoms with Gasteiger partial charge in [-0.1, -0.05) is 19.4 Å². The minimum absolute atomic E-state index is 0.443. The third-order valence-electron chi connectivity index (χ3n) is 3.10. The highest BCUT2D eigenvalue weighted by Crippen LogP contribution is 1.98. The van der Waals surface area contributed by atoms with Crippen LogP contribution in [0.4, 0.5) is 0 Å². The molecule has 0 amide bonds. The molecule has 0 radical (unpaired) electrons. The lowest BCUT2D eigenvalue weighted by molar-refractivity contribution is 0.447. The van der Waals surface area contributed by atoms with E-state index in [1.807, 2.05) is 25.3 Å². The van der Waals surface area contributed by atoms with E-state index in [0.29, 0.717) is 13.1 Å². The van der Waals surface area contributed by atoms with E-state index in [1.54, 1.807) is 13.2 Å². The van der Waals surface area contributed by atoms with Crippen LogP contribution in [0.25, 0.3) is 0 Å². The second-order valence-electron chi connectivity index (χ2n) is 4.97. The zero-order chi connectivity index (χ0) is 15.6. The third kappa shape index (κ3) is 7.52. The Kier molecular flexibility index (Phi) is 8.44. The summed E-state index contributed by atoms with van der Waals surface area (Å²) in [4.78, 5) is 4.04. The van der Waals surface area contributed by atoms with Gasteiger partial charge in [0.25, 0.3) is 10.2 Å². The topological polar surface area (TPSA) is 74.3 Å². The maximum atomic E-state index is 11.9. The van der Waals surface area contributed by atoms with Crippen molar-refractivity contribution in [2.24, 2.45) is 0 Å². The van der Waals surface area contributed by atoms with E-state index < -0.39 is 10.2 Å². The number of rotatable bonds is 11. The monoisotopic (exact) mass is 314 g/mol. The average Bonchev–Trinajstić information content (AvgIpc) is 2.49. The Morgan fingerprint density at radius 3 is 2.76 bits per heavy atom. The Morgan fingerprint density at radius 1 is 1.29 bits per heavy atom. The number of pyridine rings is 1. The summed E-state index contributed by atoms with van der Waals surface area (Å²) in [6.45, 7) is 4.55. The smallest absolute Gasteiger partial charge is 0.279 e. The second kappa shape index (κ2) is 9.83. The zero-order valence-corrected chi connectivity index (χ0v) is 13.7. The second-order valence-corrected chi connectivity index (χ2v) is 6.83. The number of unbranched alkanes of at least 4 members (excludes halogenated alkanes) is 1. The summed E-state index contributed by atoms with van der Waals surface area (Å²) >= 11 is 0. The van der Waals surface area contributed by atoms with E-state index in [1.165, 1.54) is 4.31 Å². The van der Waals surface area contributed by atoms with Crippen LogP contribution in [0.3, 0.4) is 0 Å². The lowest BCUT2D eigenvalue weighted by Gasteiger charge is -2.17. The van der Waals surface area contributed by atoms with E-state index >= 15 is 0 Å². The molecule has 0 aromatic carbocycles. The van der Waals surface area contributed by atoms with Crippen molar-refractivity contribution in [1.29, 1.82) is 0 Å². The summed E-state index contributed by atoms with van der Waals surface area (Å²) in [6.07, 6.45) is 6.18. The fourth-order valence-corrected chi connectivity index (χ4v) is 2.75. The SMILES string of the molecule is CCCCN(C)S(=O)(=O)NCCCNCc1cccnc1. The Bertz CT molecular complexity index is 479. The average molecular weight is 314 g/mol. The molecule has 6 nitrogen and oxygen atoms in total. The van der Waals surface area contributed by atoms with Gasteiger partial charge in [0.1, 0.15) is 0 Å². The van der Waals surface area contributed by atoms with Crippen LogP contribution in [0.2, 0.25) is 0 Å². The van der Waals surface area contributed by atoms with E-state index in [2.05, 4.69) is 15.0 Å². The van der Waals surface area contributed by atoms with Gasteiger partial charge in [0.05, 0.1) is 0 Å². The van der Waals surface area contributed by atoms with Crippen LogP contribution in [0.1, 0.15) is 31.7 Å². The number of aromatic nitrogens is 1. The highest BCUT2D eigenvalue weighted by molar-refractivity contribution is 7.87. The van der Waals surface area contributed by atoms with Crippen LogP contribution in [-0.4, -0.2) is 44.4 Å². The number of nitrogens with zero attached hydrogens (tertiary/aromatic N) is 2. The molecule has 1 rings (SSSR count). The van der Waals surface area contributed by atoms with Gasteiger partial charge in [-0.05, 0) is 31.0 Å². The van der Waals surface area contributed by atoms with Crippen molar-refractivity contribution in [3.8, 4) is 0 Å². The fraction of sp³-hybridized carbons (Fsp3) is 0.643. The Labute approximate surface area is 128 Å². The summed E-state index contributed by atoms with van der Waals surface area (Å²) in [5.41, 5.74) is 1.12. The first-order valence-corrected chi connectivity index (χ1v) is 8.81. The molecule has 1 aromatic heterocycles. The first-order chi connectivity index (χ1) is 10.1. The molecule has 0 saturated carbocycles. The van der Waals surface area contributed by atoms with E-state index in [9.17, 15) is 8.42 Å². The van der Waals surface area contributed by atoms with Crippen molar-refractivity contribution in [3.63, 3.8) is 0 Å². The molecule has 0 aliphatic rings. The molecular formula is C14H26N4O2S. The molecule has 0 unspecified atom stereocenters. The molecule has 1 heterocycles. The highest BCUT2D eigenvalue weighted by atomic mass is 32.2. The van der Waals surface area contributed by atoms with Gasteiger partial charge in [-0.2, -0.15) is 12.7 Å². The first-order valence-electron chi connectivity index (χ1n) is 7.37. The molecule has 0 saturated heterocycles. The molecule has 0 fully saturated rings. The molecule has 0 spiro atoms. The number of hydrogen-bond acceptors (Lipinski definition) is 4. The molecule has 2 N–H and O–H groups in total. The summed E-state index contributed by atoms with van der Waals surface area (Å²) in [6, 6.07) is 3.91. The van der Waals surface area contributed by atoms with Crippen molar-refractivity contribution < 1.29 is 8.42 Å². The molecular weight excluding hydrogens is 288 g/mol. The predicted octanol–water partition coefficient (Wildman–Crippen LogP) is 1.13. The van der Waals surface area contributed by atoms with E-state index in [0.717, 1.165) is 37.9 Å². The molecule has 0 bridgehead atoms. The molecule has 1 aromatic rings. The standard InChI is InChI=1S/C14H26N4O2S/c1-3-4-11-18(2)21(19,20)17-10-6-9-16-13-14-7-5-8-15-12-14/h5,7-8,12,16-17H,3-4,6,9-11,13H2,1-2H3. The number of hydrogen-bond donors (Lipinski definition) is 2. The molecule has 120 valence electrons. The van der Waals surface area contributed by atoms with Crippen LogP contribution < -0.4 is 10.0 Å². The largest absolute Gasteiger partial charge is 0.313 e. The van der Waals surface area contributed by atoms with Crippen molar-refractivity contribution >= 4 is 10.2 Å². The van der Waals surface area contributed by atoms with Gasteiger partial charge in [0.2, 0.25) is 0 Å². The third-order valence-corrected chi connectivity index (χ3v) is 4.68. The maximum Gasteiger partial charge on any atom is 0.279 e. The molecule has 7 heteroatoms. The molecule has 0 atom stereocenters. The molecule has 0 aliphatic heterocycles. The van der Waals surface area contributed by atoms with Crippen LogP contribution >= 0.6 is 0 Å². The molecule has 21 heavy (non-hydrogen) atoms. The summed E-state index contributed by atoms with van der Waals surface area (Å²) in [5, 5.41) is 3.26. The minimum atomic E-state index is -3.33. The molecule has 0 aliphatic carbocycles. The Balaban J connectivity index is 2.13. The number of nitrogens with one attached hydrogen (secondary N) is 2. The maximum absolute atomic E-state index is 11.9. The fourth-order valence-electron chi connectivity index (χ4n) is 1.76. The zero-order valence-electron chi connectivity index (χ0n) is 12.9. The first kappa shape index (κ1) is 18.0. The normalized spacial score (nSPS) is 12.0. The van der Waals surface area contributed by atoms with Crippen molar-refractivity contribution in [1.82, 2.24) is 19.3 Å². The van der Waals surface area contributed by atoms with Gasteiger partial charge < -0.3 is 5.32 Å². The van der Waals surface area contributed by atoms with Gasteiger partial charge in [-0.25, -0.2) is 4.72 Å². The summed E-state index contributed by atoms with van der Waals surface area (Å²) in [5.74, 6) is 0. The lowest BCUT2D eigenvalue weighted by atomic mass is 10.3. The van der Waals surface area contributed by atoms with Gasteiger partial charge >= 0.3 is 0 Å². The van der Waals surface area contributed by atoms with Gasteiger partial charge in [0.15, 0.2) is 0 Å². The van der Waals surface area contributed by atoms with Crippen LogP contribution in [-0.2, 0) is 16.8 Å². The van der Waals surface area contributed by atoms with Gasteiger partial charge in [-0.3, -0.25) is 4.98 Å². The Morgan fingerprint density at radius 2 is 2.10 bits per heavy atom. The lowest BCUT2D eigenvalue weighted by Crippen LogP contribution is -2.39. The van der Waals surface area contributed by atoms with Crippen LogP contribution in [0.5, 0.6) is 0 Å². The van der Waals surface area contributed by atoms with Gasteiger partial charge in [-0.15, -0.1) is 0 Å². The quantitative estimate of drug-likeness (QED) is 0.600. The minimum Gasteiger partial charge on any atom is -0.313 e. The van der Waals surface area contributed by atoms with Crippen molar-refractivity contribution in [3.05, 3.63) is 30.1 Å². The predicted molar refractivity (Wildman–Crippen MR) is 85.0 cm³/mol. The Hall–Kier alpha value is -1.02. The summed E-state index contributed by atoms with van der Waals surface area (Å²) < 4.78 is 27.7. The van der Waals surface area contributed by atoms with E-state index in [4.69, 9.17) is 0 Å².